The summed E-state index contributed by atoms with van der Waals surface area (Å²) in [5.74, 6) is 0.0284. The smallest absolute Gasteiger partial charge is 0.417 e. The first-order valence-corrected chi connectivity index (χ1v) is 16.5. The number of amides is 3. The van der Waals surface area contributed by atoms with Crippen LogP contribution in [0.4, 0.5) is 10.5 Å². The molecule has 0 aliphatic heterocycles. The summed E-state index contributed by atoms with van der Waals surface area (Å²) in [5, 5.41) is 12.8. The van der Waals surface area contributed by atoms with Crippen LogP contribution in [0.25, 0.3) is 0 Å². The lowest BCUT2D eigenvalue weighted by atomic mass is 9.86. The van der Waals surface area contributed by atoms with E-state index in [4.69, 9.17) is 16.3 Å². The number of hydrogen-bond acceptors (Lipinski definition) is 6. The topological polar surface area (TPSA) is 117 Å². The minimum Gasteiger partial charge on any atom is -0.444 e. The van der Waals surface area contributed by atoms with Gasteiger partial charge in [0, 0.05) is 17.1 Å². The van der Waals surface area contributed by atoms with E-state index in [-0.39, 0.29) is 31.1 Å². The van der Waals surface area contributed by atoms with Gasteiger partial charge in [0.2, 0.25) is 11.8 Å². The van der Waals surface area contributed by atoms with Crippen molar-refractivity contribution < 1.29 is 24.2 Å². The number of nitrogens with one attached hydrogen (secondary N) is 3. The summed E-state index contributed by atoms with van der Waals surface area (Å²) in [5.41, 5.74) is 1.48. The number of aliphatic hydroxyl groups excluding tert-OH is 1. The number of ether oxygens (including phenoxy) is 1. The number of carbonyl (C=O) groups is 3. The van der Waals surface area contributed by atoms with Gasteiger partial charge in [0.1, 0.15) is 11.9 Å². The third kappa shape index (κ3) is 11.1. The fourth-order valence-corrected chi connectivity index (χ4v) is 7.22. The predicted molar refractivity (Wildman–Crippen MR) is 154 cm³/mol. The SMILES string of the molecule is O=C(CC[Si@@H](CO)NC(=O)[C@H](CC1CCCCC1)SNC(=O)OCc1cccc(Cl)c1)Nc1ccccc1. The minimum absolute atomic E-state index is 0.0665. The van der Waals surface area contributed by atoms with Crippen molar-refractivity contribution in [3.05, 3.63) is 65.2 Å². The number of benzene rings is 2. The number of rotatable bonds is 13. The Hall–Kier alpha value is -2.53. The second kappa shape index (κ2) is 16.4. The number of hydrogen-bond donors (Lipinski definition) is 4. The average Bonchev–Trinajstić information content (AvgIpc) is 2.93. The molecule has 0 heterocycles. The molecule has 206 valence electrons. The van der Waals surface area contributed by atoms with E-state index < -0.39 is 20.3 Å². The Labute approximate surface area is 235 Å². The molecule has 1 aliphatic rings. The molecule has 3 rings (SSSR count). The molecule has 0 radical (unpaired) electrons. The third-order valence-electron chi connectivity index (χ3n) is 6.45. The molecule has 1 fully saturated rings. The van der Waals surface area contributed by atoms with Gasteiger partial charge in [0.25, 0.3) is 0 Å². The predicted octanol–water partition coefficient (Wildman–Crippen LogP) is 4.95. The quantitative estimate of drug-likeness (QED) is 0.198. The Balaban J connectivity index is 1.50. The van der Waals surface area contributed by atoms with E-state index in [0.717, 1.165) is 43.2 Å². The zero-order chi connectivity index (χ0) is 27.2. The third-order valence-corrected chi connectivity index (χ3v) is 9.78. The van der Waals surface area contributed by atoms with E-state index in [0.29, 0.717) is 29.1 Å². The Morgan fingerprint density at radius 1 is 1.08 bits per heavy atom. The van der Waals surface area contributed by atoms with Gasteiger partial charge >= 0.3 is 6.09 Å². The van der Waals surface area contributed by atoms with E-state index >= 15 is 0 Å². The van der Waals surface area contributed by atoms with Gasteiger partial charge in [-0.05, 0) is 60.2 Å². The fraction of sp³-hybridized carbons (Fsp3) is 0.444. The maximum Gasteiger partial charge on any atom is 0.417 e. The van der Waals surface area contributed by atoms with E-state index in [1.807, 2.05) is 24.3 Å². The van der Waals surface area contributed by atoms with E-state index in [1.54, 1.807) is 30.3 Å². The van der Waals surface area contributed by atoms with Crippen LogP contribution >= 0.6 is 23.5 Å². The zero-order valence-corrected chi connectivity index (χ0v) is 24.1. The second-order valence-electron chi connectivity index (χ2n) is 9.50. The highest BCUT2D eigenvalue weighted by molar-refractivity contribution is 7.99. The molecule has 1 saturated carbocycles. The zero-order valence-electron chi connectivity index (χ0n) is 21.4. The molecule has 0 spiro atoms. The molecule has 2 atom stereocenters. The lowest BCUT2D eigenvalue weighted by Gasteiger charge is -2.26. The highest BCUT2D eigenvalue weighted by Crippen LogP contribution is 2.30. The molecule has 8 nitrogen and oxygen atoms in total. The minimum atomic E-state index is -2.13. The van der Waals surface area contributed by atoms with Crippen LogP contribution in [0.2, 0.25) is 11.1 Å². The van der Waals surface area contributed by atoms with Crippen LogP contribution in [0.1, 0.15) is 50.5 Å². The molecule has 0 bridgehead atoms. The number of anilines is 1. The molecule has 3 amide bonds. The summed E-state index contributed by atoms with van der Waals surface area (Å²) >= 11 is 7.03. The first-order valence-electron chi connectivity index (χ1n) is 13.0. The first-order chi connectivity index (χ1) is 18.4. The van der Waals surface area contributed by atoms with E-state index in [1.165, 1.54) is 6.42 Å². The largest absolute Gasteiger partial charge is 0.444 e. The maximum absolute atomic E-state index is 13.2. The van der Waals surface area contributed by atoms with Crippen LogP contribution < -0.4 is 15.0 Å². The molecule has 38 heavy (non-hydrogen) atoms. The van der Waals surface area contributed by atoms with Crippen molar-refractivity contribution in [1.29, 1.82) is 0 Å². The summed E-state index contributed by atoms with van der Waals surface area (Å²) in [6.07, 6.45) is 5.66. The molecule has 4 N–H and O–H groups in total. The standard InChI is InChI=1S/C27H36ClN3O5SSi/c28-22-11-7-10-21(16-22)18-36-27(35)30-37-24(17-20-8-3-1-4-9-20)26(34)31-38(19-32)15-14-25(33)29-23-12-5-2-6-13-23/h2,5-7,10-13,16,20,24,32,38H,1,3-4,8-9,14-15,17-19H2,(H,29,33)(H,30,35)(H,31,34)/t24-,38-/m0/s1. The molecule has 2 aromatic carbocycles. The Morgan fingerprint density at radius 2 is 1.84 bits per heavy atom. The number of halogens is 1. The highest BCUT2D eigenvalue weighted by atomic mass is 35.5. The number of para-hydroxylation sites is 1. The van der Waals surface area contributed by atoms with Crippen LogP contribution in [0.15, 0.2) is 54.6 Å². The molecule has 0 aromatic heterocycles. The summed E-state index contributed by atoms with van der Waals surface area (Å²) in [7, 11) is -2.13. The van der Waals surface area contributed by atoms with Crippen molar-refractivity contribution in [2.24, 2.45) is 5.92 Å². The summed E-state index contributed by atoms with van der Waals surface area (Å²) in [6, 6.07) is 16.7. The van der Waals surface area contributed by atoms with Crippen LogP contribution in [0.5, 0.6) is 0 Å². The second-order valence-corrected chi connectivity index (χ2v) is 13.6. The Kier molecular flexibility index (Phi) is 13.0. The van der Waals surface area contributed by atoms with Gasteiger partial charge in [-0.2, -0.15) is 0 Å². The average molecular weight is 578 g/mol. The van der Waals surface area contributed by atoms with Gasteiger partial charge in [-0.25, -0.2) is 4.79 Å². The van der Waals surface area contributed by atoms with Gasteiger partial charge in [-0.15, -0.1) is 0 Å². The van der Waals surface area contributed by atoms with E-state index in [2.05, 4.69) is 15.0 Å². The summed E-state index contributed by atoms with van der Waals surface area (Å²) < 4.78 is 7.94. The fourth-order valence-electron chi connectivity index (χ4n) is 4.41. The maximum atomic E-state index is 13.2. The normalized spacial score (nSPS) is 15.2. The summed E-state index contributed by atoms with van der Waals surface area (Å²) in [4.78, 5) is 40.9. The van der Waals surface area contributed by atoms with Crippen LogP contribution in [-0.4, -0.2) is 43.5 Å². The summed E-state index contributed by atoms with van der Waals surface area (Å²) in [6.45, 7) is 0.0665. The molecule has 0 saturated heterocycles. The molecule has 0 unspecified atom stereocenters. The lowest BCUT2D eigenvalue weighted by Crippen LogP contribution is -2.47. The van der Waals surface area contributed by atoms with Crippen molar-refractivity contribution >= 4 is 56.1 Å². The molecular weight excluding hydrogens is 542 g/mol. The van der Waals surface area contributed by atoms with Gasteiger partial charge < -0.3 is 20.1 Å². The van der Waals surface area contributed by atoms with E-state index in [9.17, 15) is 19.5 Å². The number of carbonyl (C=O) groups excluding carboxylic acids is 3. The molecule has 1 aliphatic carbocycles. The van der Waals surface area contributed by atoms with Crippen molar-refractivity contribution in [2.45, 2.75) is 62.8 Å². The number of aliphatic hydroxyl groups is 1. The van der Waals surface area contributed by atoms with Crippen molar-refractivity contribution in [2.75, 3.05) is 11.5 Å². The Bertz CT molecular complexity index is 1040. The Morgan fingerprint density at radius 3 is 2.55 bits per heavy atom. The molecule has 2 aromatic rings. The van der Waals surface area contributed by atoms with Crippen molar-refractivity contribution in [3.8, 4) is 0 Å². The molecular formula is C27H36ClN3O5SSi. The molecule has 11 heteroatoms. The highest BCUT2D eigenvalue weighted by Gasteiger charge is 2.28. The first kappa shape index (κ1) is 30.0. The van der Waals surface area contributed by atoms with Gasteiger partial charge in [0.15, 0.2) is 8.96 Å². The monoisotopic (exact) mass is 577 g/mol. The van der Waals surface area contributed by atoms with Crippen LogP contribution in [0, 0.1) is 5.92 Å². The van der Waals surface area contributed by atoms with Crippen LogP contribution in [-0.2, 0) is 20.9 Å². The van der Waals surface area contributed by atoms with Gasteiger partial charge in [-0.1, -0.05) is 74.0 Å². The van der Waals surface area contributed by atoms with Gasteiger partial charge in [-0.3, -0.25) is 14.3 Å². The van der Waals surface area contributed by atoms with Crippen molar-refractivity contribution in [3.63, 3.8) is 0 Å². The lowest BCUT2D eigenvalue weighted by molar-refractivity contribution is -0.119. The van der Waals surface area contributed by atoms with Crippen molar-refractivity contribution in [1.82, 2.24) is 9.70 Å². The van der Waals surface area contributed by atoms with Gasteiger partial charge in [0.05, 0.1) is 6.23 Å². The van der Waals surface area contributed by atoms with Crippen LogP contribution in [0.3, 0.4) is 0 Å².